The molecule has 94 valence electrons. The molecule has 0 amide bonds. The maximum absolute atomic E-state index is 10.9. The first kappa shape index (κ1) is 12.3. The predicted molar refractivity (Wildman–Crippen MR) is 66.3 cm³/mol. The topological polar surface area (TPSA) is 75.1 Å². The van der Waals surface area contributed by atoms with Crippen LogP contribution < -0.4 is 5.32 Å². The number of carboxylic acid groups (broad SMARTS) is 1. The summed E-state index contributed by atoms with van der Waals surface area (Å²) in [6.07, 6.45) is 4.36. The van der Waals surface area contributed by atoms with E-state index in [2.05, 4.69) is 15.5 Å². The summed E-state index contributed by atoms with van der Waals surface area (Å²) < 4.78 is 0. The lowest BCUT2D eigenvalue weighted by Gasteiger charge is -2.26. The first-order valence-electron chi connectivity index (χ1n) is 6.00. The van der Waals surface area contributed by atoms with E-state index < -0.39 is 5.97 Å². The van der Waals surface area contributed by atoms with Gasteiger partial charge < -0.3 is 10.4 Å². The number of carboxylic acids is 1. The summed E-state index contributed by atoms with van der Waals surface area (Å²) in [4.78, 5) is 10.9. The van der Waals surface area contributed by atoms with Crippen molar-refractivity contribution in [2.75, 3.05) is 5.32 Å². The zero-order chi connectivity index (χ0) is 12.3. The lowest BCUT2D eigenvalue weighted by atomic mass is 9.86. The first-order valence-corrected chi connectivity index (χ1v) is 6.82. The monoisotopic (exact) mass is 255 g/mol. The molecule has 2 rings (SSSR count). The average molecular weight is 255 g/mol. The van der Waals surface area contributed by atoms with Crippen molar-refractivity contribution in [3.8, 4) is 0 Å². The van der Waals surface area contributed by atoms with E-state index in [-0.39, 0.29) is 12.0 Å². The van der Waals surface area contributed by atoms with Gasteiger partial charge in [-0.05, 0) is 25.7 Å². The number of aromatic nitrogens is 2. The van der Waals surface area contributed by atoms with Crippen LogP contribution >= 0.6 is 11.3 Å². The summed E-state index contributed by atoms with van der Waals surface area (Å²) in [5, 5.41) is 22.2. The number of hydrogen-bond donors (Lipinski definition) is 2. The van der Waals surface area contributed by atoms with E-state index in [1.165, 1.54) is 0 Å². The van der Waals surface area contributed by atoms with Crippen molar-refractivity contribution in [3.63, 3.8) is 0 Å². The first-order chi connectivity index (χ1) is 8.19. The molecule has 17 heavy (non-hydrogen) atoms. The predicted octanol–water partition coefficient (Wildman–Crippen LogP) is 2.16. The van der Waals surface area contributed by atoms with Crippen LogP contribution in [-0.2, 0) is 11.2 Å². The van der Waals surface area contributed by atoms with Crippen LogP contribution in [0.4, 0.5) is 5.13 Å². The number of carbonyl (C=O) groups is 1. The highest BCUT2D eigenvalue weighted by atomic mass is 32.1. The summed E-state index contributed by atoms with van der Waals surface area (Å²) in [6, 6.07) is 0.225. The Labute approximate surface area is 104 Å². The van der Waals surface area contributed by atoms with Gasteiger partial charge in [-0.1, -0.05) is 24.7 Å². The fraction of sp³-hybridized carbons (Fsp3) is 0.727. The molecule has 1 saturated carbocycles. The van der Waals surface area contributed by atoms with Crippen LogP contribution in [0.3, 0.4) is 0 Å². The smallest absolute Gasteiger partial charge is 0.306 e. The number of aliphatic carboxylic acids is 1. The second-order valence-corrected chi connectivity index (χ2v) is 5.46. The van der Waals surface area contributed by atoms with Gasteiger partial charge in [-0.3, -0.25) is 4.79 Å². The van der Waals surface area contributed by atoms with Gasteiger partial charge in [-0.2, -0.15) is 0 Å². The summed E-state index contributed by atoms with van der Waals surface area (Å²) >= 11 is 1.56. The van der Waals surface area contributed by atoms with Crippen molar-refractivity contribution >= 4 is 22.4 Å². The zero-order valence-corrected chi connectivity index (χ0v) is 10.7. The molecule has 0 saturated heterocycles. The van der Waals surface area contributed by atoms with Gasteiger partial charge in [-0.25, -0.2) is 0 Å². The van der Waals surface area contributed by atoms with Gasteiger partial charge >= 0.3 is 5.97 Å². The van der Waals surface area contributed by atoms with Crippen molar-refractivity contribution in [2.45, 2.75) is 45.1 Å². The van der Waals surface area contributed by atoms with E-state index in [9.17, 15) is 4.79 Å². The minimum atomic E-state index is -0.678. The van der Waals surface area contributed by atoms with Gasteiger partial charge in [0.1, 0.15) is 5.01 Å². The molecule has 1 heterocycles. The van der Waals surface area contributed by atoms with Crippen LogP contribution in [-0.4, -0.2) is 27.3 Å². The lowest BCUT2D eigenvalue weighted by Crippen LogP contribution is -2.30. The molecule has 1 aliphatic rings. The highest BCUT2D eigenvalue weighted by molar-refractivity contribution is 7.15. The average Bonchev–Trinajstić information content (AvgIpc) is 2.77. The van der Waals surface area contributed by atoms with Gasteiger partial charge in [0.05, 0.1) is 5.92 Å². The molecule has 1 aromatic heterocycles. The summed E-state index contributed by atoms with van der Waals surface area (Å²) in [5.41, 5.74) is 0. The Morgan fingerprint density at radius 3 is 3.00 bits per heavy atom. The van der Waals surface area contributed by atoms with E-state index in [1.807, 2.05) is 6.92 Å². The fourth-order valence-electron chi connectivity index (χ4n) is 2.17. The Morgan fingerprint density at radius 1 is 1.53 bits per heavy atom. The molecule has 0 aliphatic heterocycles. The summed E-state index contributed by atoms with van der Waals surface area (Å²) in [7, 11) is 0. The van der Waals surface area contributed by atoms with Gasteiger partial charge in [0.25, 0.3) is 0 Å². The second kappa shape index (κ2) is 5.44. The van der Waals surface area contributed by atoms with Crippen molar-refractivity contribution < 1.29 is 9.90 Å². The van der Waals surface area contributed by atoms with Crippen LogP contribution in [0.2, 0.25) is 0 Å². The third-order valence-corrected chi connectivity index (χ3v) is 4.12. The molecule has 2 atom stereocenters. The fourth-order valence-corrected chi connectivity index (χ4v) is 2.93. The van der Waals surface area contributed by atoms with Crippen molar-refractivity contribution in [1.29, 1.82) is 0 Å². The highest BCUT2D eigenvalue weighted by Crippen LogP contribution is 2.27. The molecule has 1 aromatic rings. The van der Waals surface area contributed by atoms with Crippen LogP contribution in [0.1, 0.15) is 37.6 Å². The number of anilines is 1. The molecular weight excluding hydrogens is 238 g/mol. The van der Waals surface area contributed by atoms with Gasteiger partial charge in [0.2, 0.25) is 5.13 Å². The SMILES string of the molecule is CCc1nnc(NC2CCCC(C(=O)O)C2)s1. The Hall–Kier alpha value is -1.17. The maximum atomic E-state index is 10.9. The lowest BCUT2D eigenvalue weighted by molar-refractivity contribution is -0.142. The number of nitrogens with one attached hydrogen (secondary N) is 1. The highest BCUT2D eigenvalue weighted by Gasteiger charge is 2.27. The number of rotatable bonds is 4. The van der Waals surface area contributed by atoms with Crippen molar-refractivity contribution in [2.24, 2.45) is 5.92 Å². The Bertz CT molecular complexity index is 394. The normalized spacial score (nSPS) is 24.5. The van der Waals surface area contributed by atoms with Gasteiger partial charge in [-0.15, -0.1) is 10.2 Å². The van der Waals surface area contributed by atoms with Crippen LogP contribution in [0.5, 0.6) is 0 Å². The molecule has 2 unspecified atom stereocenters. The summed E-state index contributed by atoms with van der Waals surface area (Å²) in [5.74, 6) is -0.886. The molecule has 0 spiro atoms. The number of hydrogen-bond acceptors (Lipinski definition) is 5. The summed E-state index contributed by atoms with van der Waals surface area (Å²) in [6.45, 7) is 2.05. The molecule has 5 nitrogen and oxygen atoms in total. The Morgan fingerprint density at radius 2 is 2.35 bits per heavy atom. The molecule has 1 aliphatic carbocycles. The van der Waals surface area contributed by atoms with E-state index in [0.29, 0.717) is 6.42 Å². The molecule has 2 N–H and O–H groups in total. The van der Waals surface area contributed by atoms with Gasteiger partial charge in [0.15, 0.2) is 0 Å². The molecule has 0 radical (unpaired) electrons. The Balaban J connectivity index is 1.92. The number of aryl methyl sites for hydroxylation is 1. The molecule has 1 fully saturated rings. The minimum absolute atomic E-state index is 0.209. The third-order valence-electron chi connectivity index (χ3n) is 3.12. The van der Waals surface area contributed by atoms with Crippen molar-refractivity contribution in [1.82, 2.24) is 10.2 Å². The standard InChI is InChI=1S/C11H17N3O2S/c1-2-9-13-14-11(17-9)12-8-5-3-4-7(6-8)10(15)16/h7-8H,2-6H2,1H3,(H,12,14)(H,15,16). The largest absolute Gasteiger partial charge is 0.481 e. The van der Waals surface area contributed by atoms with Gasteiger partial charge in [0, 0.05) is 6.04 Å². The maximum Gasteiger partial charge on any atom is 0.306 e. The number of nitrogens with zero attached hydrogens (tertiary/aromatic N) is 2. The van der Waals surface area contributed by atoms with E-state index in [0.717, 1.165) is 35.8 Å². The van der Waals surface area contributed by atoms with E-state index in [1.54, 1.807) is 11.3 Å². The molecule has 6 heteroatoms. The van der Waals surface area contributed by atoms with E-state index >= 15 is 0 Å². The van der Waals surface area contributed by atoms with Crippen LogP contribution in [0.15, 0.2) is 0 Å². The Kier molecular flexibility index (Phi) is 3.93. The van der Waals surface area contributed by atoms with E-state index in [4.69, 9.17) is 5.11 Å². The second-order valence-electron chi connectivity index (χ2n) is 4.40. The van der Waals surface area contributed by atoms with Crippen LogP contribution in [0.25, 0.3) is 0 Å². The van der Waals surface area contributed by atoms with Crippen molar-refractivity contribution in [3.05, 3.63) is 5.01 Å². The zero-order valence-electron chi connectivity index (χ0n) is 9.85. The quantitative estimate of drug-likeness (QED) is 0.862. The minimum Gasteiger partial charge on any atom is -0.481 e. The molecule has 0 aromatic carbocycles. The molecule has 0 bridgehead atoms. The van der Waals surface area contributed by atoms with Crippen LogP contribution in [0, 0.1) is 5.92 Å². The third kappa shape index (κ3) is 3.15. The molecular formula is C11H17N3O2S.